The Morgan fingerprint density at radius 3 is 3.20 bits per heavy atom. The van der Waals surface area contributed by atoms with Gasteiger partial charge in [0.2, 0.25) is 0 Å². The Kier molecular flexibility index (Phi) is 3.43. The number of nitrogens with zero attached hydrogens (tertiary/aromatic N) is 1. The number of H-pyrrole nitrogens is 1. The summed E-state index contributed by atoms with van der Waals surface area (Å²) in [6.45, 7) is 0.954. The van der Waals surface area contributed by atoms with Gasteiger partial charge in [0, 0.05) is 23.5 Å². The van der Waals surface area contributed by atoms with Crippen molar-refractivity contribution in [1.82, 2.24) is 15.3 Å². The molecule has 0 saturated carbocycles. The zero-order chi connectivity index (χ0) is 10.7. The Labute approximate surface area is 92.9 Å². The van der Waals surface area contributed by atoms with E-state index < -0.39 is 0 Å². The van der Waals surface area contributed by atoms with E-state index in [1.54, 1.807) is 11.8 Å². The molecule has 2 rings (SSSR count). The number of aryl methyl sites for hydroxylation is 1. The van der Waals surface area contributed by atoms with E-state index in [1.165, 1.54) is 0 Å². The lowest BCUT2D eigenvalue weighted by molar-refractivity contribution is 0.696. The first-order chi connectivity index (χ1) is 7.31. The van der Waals surface area contributed by atoms with E-state index in [9.17, 15) is 4.79 Å². The van der Waals surface area contributed by atoms with Crippen LogP contribution in [0.1, 0.15) is 23.5 Å². The second-order valence-corrected chi connectivity index (χ2v) is 4.62. The molecule has 0 unspecified atom stereocenters. The highest BCUT2D eigenvalue weighted by Gasteiger charge is 2.17. The highest BCUT2D eigenvalue weighted by molar-refractivity contribution is 7.98. The van der Waals surface area contributed by atoms with Gasteiger partial charge < -0.3 is 10.3 Å². The van der Waals surface area contributed by atoms with Crippen LogP contribution in [-0.2, 0) is 17.9 Å². The van der Waals surface area contributed by atoms with Crippen molar-refractivity contribution in [2.75, 3.05) is 13.6 Å². The first-order valence-corrected chi connectivity index (χ1v) is 6.30. The Hall–Kier alpha value is -0.810. The summed E-state index contributed by atoms with van der Waals surface area (Å²) in [5.74, 6) is 2.53. The summed E-state index contributed by atoms with van der Waals surface area (Å²) >= 11 is 1.76. The van der Waals surface area contributed by atoms with Gasteiger partial charge in [-0.1, -0.05) is 0 Å². The molecule has 5 heteroatoms. The van der Waals surface area contributed by atoms with E-state index in [0.29, 0.717) is 0 Å². The smallest absolute Gasteiger partial charge is 0.255 e. The van der Waals surface area contributed by atoms with Crippen LogP contribution in [0.3, 0.4) is 0 Å². The molecule has 82 valence electrons. The third-order valence-corrected chi connectivity index (χ3v) is 3.45. The predicted octanol–water partition coefficient (Wildman–Crippen LogP) is 0.669. The van der Waals surface area contributed by atoms with Crippen molar-refractivity contribution in [3.63, 3.8) is 0 Å². The van der Waals surface area contributed by atoms with Gasteiger partial charge in [-0.3, -0.25) is 4.79 Å². The summed E-state index contributed by atoms with van der Waals surface area (Å²) in [4.78, 5) is 19.0. The van der Waals surface area contributed by atoms with Crippen molar-refractivity contribution >= 4 is 11.8 Å². The van der Waals surface area contributed by atoms with Gasteiger partial charge in [0.05, 0.1) is 5.69 Å². The lowest BCUT2D eigenvalue weighted by atomic mass is 10.2. The molecule has 1 aromatic rings. The Bertz CT molecular complexity index is 402. The van der Waals surface area contributed by atoms with Crippen LogP contribution in [0.2, 0.25) is 0 Å². The van der Waals surface area contributed by atoms with E-state index in [1.807, 2.05) is 7.05 Å². The van der Waals surface area contributed by atoms with Gasteiger partial charge in [0.15, 0.2) is 0 Å². The number of hydrogen-bond acceptors (Lipinski definition) is 4. The van der Waals surface area contributed by atoms with Crippen molar-refractivity contribution < 1.29 is 0 Å². The average molecular weight is 225 g/mol. The van der Waals surface area contributed by atoms with Gasteiger partial charge in [0.1, 0.15) is 5.82 Å². The van der Waals surface area contributed by atoms with Crippen molar-refractivity contribution in [1.29, 1.82) is 0 Å². The zero-order valence-corrected chi connectivity index (χ0v) is 9.62. The third kappa shape index (κ3) is 2.41. The topological polar surface area (TPSA) is 57.8 Å². The molecule has 0 atom stereocenters. The van der Waals surface area contributed by atoms with E-state index >= 15 is 0 Å². The van der Waals surface area contributed by atoms with E-state index in [2.05, 4.69) is 15.3 Å². The molecule has 2 heterocycles. The molecule has 0 aliphatic carbocycles. The molecule has 0 amide bonds. The standard InChI is InChI=1S/C10H15N3OS/c1-11-4-2-3-9-12-8-6-15-5-7(8)10(14)13-9/h11H,2-6H2,1H3,(H,12,13,14). The second kappa shape index (κ2) is 4.81. The van der Waals surface area contributed by atoms with Gasteiger partial charge in [-0.15, -0.1) is 0 Å². The summed E-state index contributed by atoms with van der Waals surface area (Å²) in [5, 5.41) is 3.08. The predicted molar refractivity (Wildman–Crippen MR) is 62.1 cm³/mol. The molecule has 1 aliphatic rings. The fraction of sp³-hybridized carbons (Fsp3) is 0.600. The minimum atomic E-state index is 0.0597. The van der Waals surface area contributed by atoms with Crippen molar-refractivity contribution in [2.24, 2.45) is 0 Å². The van der Waals surface area contributed by atoms with Crippen LogP contribution >= 0.6 is 11.8 Å². The maximum Gasteiger partial charge on any atom is 0.255 e. The molecular weight excluding hydrogens is 210 g/mol. The summed E-state index contributed by atoms with van der Waals surface area (Å²) < 4.78 is 0. The van der Waals surface area contributed by atoms with E-state index in [0.717, 1.165) is 48.0 Å². The maximum atomic E-state index is 11.6. The van der Waals surface area contributed by atoms with Crippen LogP contribution in [0.25, 0.3) is 0 Å². The van der Waals surface area contributed by atoms with Crippen molar-refractivity contribution in [3.05, 3.63) is 27.4 Å². The highest BCUT2D eigenvalue weighted by atomic mass is 32.2. The molecule has 0 bridgehead atoms. The first-order valence-electron chi connectivity index (χ1n) is 5.14. The summed E-state index contributed by atoms with van der Waals surface area (Å²) in [5.41, 5.74) is 1.92. The molecule has 0 fully saturated rings. The first kappa shape index (κ1) is 10.7. The number of fused-ring (bicyclic) bond motifs is 1. The van der Waals surface area contributed by atoms with Crippen molar-refractivity contribution in [3.8, 4) is 0 Å². The number of rotatable bonds is 4. The van der Waals surface area contributed by atoms with Crippen LogP contribution in [0.5, 0.6) is 0 Å². The third-order valence-electron chi connectivity index (χ3n) is 2.48. The monoisotopic (exact) mass is 225 g/mol. The highest BCUT2D eigenvalue weighted by Crippen LogP contribution is 2.25. The van der Waals surface area contributed by atoms with Gasteiger partial charge >= 0.3 is 0 Å². The lowest BCUT2D eigenvalue weighted by Gasteiger charge is -2.03. The number of hydrogen-bond donors (Lipinski definition) is 2. The van der Waals surface area contributed by atoms with Gasteiger partial charge in [-0.25, -0.2) is 4.98 Å². The second-order valence-electron chi connectivity index (χ2n) is 3.64. The Balaban J connectivity index is 2.13. The number of thioether (sulfide) groups is 1. The van der Waals surface area contributed by atoms with E-state index in [4.69, 9.17) is 0 Å². The molecule has 0 saturated heterocycles. The summed E-state index contributed by atoms with van der Waals surface area (Å²) in [6.07, 6.45) is 1.85. The van der Waals surface area contributed by atoms with E-state index in [-0.39, 0.29) is 5.56 Å². The molecule has 0 radical (unpaired) electrons. The fourth-order valence-electron chi connectivity index (χ4n) is 1.66. The number of aromatic amines is 1. The average Bonchev–Trinajstić information content (AvgIpc) is 2.66. The molecule has 0 aromatic carbocycles. The van der Waals surface area contributed by atoms with Crippen LogP contribution in [0.15, 0.2) is 4.79 Å². The normalized spacial score (nSPS) is 14.2. The molecule has 1 aliphatic heterocycles. The minimum absolute atomic E-state index is 0.0597. The van der Waals surface area contributed by atoms with Gasteiger partial charge in [0.25, 0.3) is 5.56 Å². The Morgan fingerprint density at radius 2 is 2.40 bits per heavy atom. The number of aromatic nitrogens is 2. The Morgan fingerprint density at radius 1 is 1.53 bits per heavy atom. The van der Waals surface area contributed by atoms with Gasteiger partial charge in [-0.05, 0) is 20.0 Å². The molecule has 15 heavy (non-hydrogen) atoms. The van der Waals surface area contributed by atoms with Gasteiger partial charge in [-0.2, -0.15) is 11.8 Å². The minimum Gasteiger partial charge on any atom is -0.320 e. The molecule has 1 aromatic heterocycles. The van der Waals surface area contributed by atoms with Crippen LogP contribution in [0, 0.1) is 0 Å². The summed E-state index contributed by atoms with van der Waals surface area (Å²) in [7, 11) is 1.93. The fourth-order valence-corrected chi connectivity index (χ4v) is 2.70. The molecule has 2 N–H and O–H groups in total. The van der Waals surface area contributed by atoms with Crippen LogP contribution in [0.4, 0.5) is 0 Å². The number of nitrogens with one attached hydrogen (secondary N) is 2. The van der Waals surface area contributed by atoms with Crippen LogP contribution < -0.4 is 10.9 Å². The quantitative estimate of drug-likeness (QED) is 0.739. The maximum absolute atomic E-state index is 11.6. The van der Waals surface area contributed by atoms with Crippen LogP contribution in [-0.4, -0.2) is 23.6 Å². The molecule has 4 nitrogen and oxygen atoms in total. The molecule has 0 spiro atoms. The lowest BCUT2D eigenvalue weighted by Crippen LogP contribution is -2.18. The SMILES string of the molecule is CNCCCc1nc2c(c(=O)[nH]1)CSC2. The zero-order valence-electron chi connectivity index (χ0n) is 8.80. The molecular formula is C10H15N3OS. The van der Waals surface area contributed by atoms with Crippen molar-refractivity contribution in [2.45, 2.75) is 24.3 Å². The largest absolute Gasteiger partial charge is 0.320 e. The summed E-state index contributed by atoms with van der Waals surface area (Å²) in [6, 6.07) is 0.